The summed E-state index contributed by atoms with van der Waals surface area (Å²) >= 11 is 5.40. The SMILES string of the molecule is CCC(CC)(CNC(=O)c1cc(F)c(Cl)cc1F)C(=O)O. The molecule has 0 spiro atoms. The van der Waals surface area contributed by atoms with Crippen LogP contribution in [0.2, 0.25) is 5.02 Å². The van der Waals surface area contributed by atoms with Gasteiger partial charge in [-0.15, -0.1) is 0 Å². The molecule has 116 valence electrons. The molecule has 0 fully saturated rings. The van der Waals surface area contributed by atoms with Gasteiger partial charge in [0.05, 0.1) is 16.0 Å². The summed E-state index contributed by atoms with van der Waals surface area (Å²) in [6.07, 6.45) is 0.604. The number of rotatable bonds is 6. The number of halogens is 3. The largest absolute Gasteiger partial charge is 0.481 e. The maximum absolute atomic E-state index is 13.6. The molecule has 0 radical (unpaired) electrons. The first-order valence-electron chi connectivity index (χ1n) is 6.43. The summed E-state index contributed by atoms with van der Waals surface area (Å²) in [6.45, 7) is 3.20. The van der Waals surface area contributed by atoms with Crippen LogP contribution in [0.3, 0.4) is 0 Å². The van der Waals surface area contributed by atoms with Gasteiger partial charge in [0.2, 0.25) is 0 Å². The van der Waals surface area contributed by atoms with Crippen LogP contribution in [0.1, 0.15) is 37.0 Å². The summed E-state index contributed by atoms with van der Waals surface area (Å²) in [6, 6.07) is 1.39. The fourth-order valence-electron chi connectivity index (χ4n) is 1.92. The first-order chi connectivity index (χ1) is 9.77. The Hall–Kier alpha value is -1.69. The molecule has 0 unspecified atom stereocenters. The van der Waals surface area contributed by atoms with E-state index in [4.69, 9.17) is 11.6 Å². The van der Waals surface area contributed by atoms with Gasteiger partial charge in [-0.2, -0.15) is 0 Å². The summed E-state index contributed by atoms with van der Waals surface area (Å²) < 4.78 is 26.9. The molecular weight excluding hydrogens is 304 g/mol. The van der Waals surface area contributed by atoms with Crippen LogP contribution in [0.4, 0.5) is 8.78 Å². The molecule has 0 aliphatic rings. The Morgan fingerprint density at radius 1 is 1.24 bits per heavy atom. The molecule has 1 aromatic rings. The number of benzene rings is 1. The minimum Gasteiger partial charge on any atom is -0.481 e. The molecular formula is C14H16ClF2NO3. The van der Waals surface area contributed by atoms with E-state index in [0.29, 0.717) is 25.0 Å². The van der Waals surface area contributed by atoms with Gasteiger partial charge in [0.15, 0.2) is 0 Å². The highest BCUT2D eigenvalue weighted by atomic mass is 35.5. The predicted molar refractivity (Wildman–Crippen MR) is 74.4 cm³/mol. The topological polar surface area (TPSA) is 66.4 Å². The molecule has 21 heavy (non-hydrogen) atoms. The van der Waals surface area contributed by atoms with Gasteiger partial charge in [0.25, 0.3) is 5.91 Å². The van der Waals surface area contributed by atoms with Crippen molar-refractivity contribution < 1.29 is 23.5 Å². The van der Waals surface area contributed by atoms with Crippen LogP contribution in [-0.2, 0) is 4.79 Å². The molecule has 1 aromatic carbocycles. The quantitative estimate of drug-likeness (QED) is 0.791. The van der Waals surface area contributed by atoms with E-state index in [1.165, 1.54) is 0 Å². The van der Waals surface area contributed by atoms with Crippen molar-refractivity contribution in [1.82, 2.24) is 5.32 Å². The third-order valence-electron chi connectivity index (χ3n) is 3.65. The van der Waals surface area contributed by atoms with Gasteiger partial charge < -0.3 is 10.4 Å². The van der Waals surface area contributed by atoms with E-state index in [1.807, 2.05) is 0 Å². The molecule has 0 saturated carbocycles. The number of hydrogen-bond donors (Lipinski definition) is 2. The molecule has 0 aromatic heterocycles. The monoisotopic (exact) mass is 319 g/mol. The van der Waals surface area contributed by atoms with E-state index >= 15 is 0 Å². The van der Waals surface area contributed by atoms with Crippen LogP contribution in [-0.4, -0.2) is 23.5 Å². The molecule has 1 amide bonds. The standard InChI is InChI=1S/C14H16ClF2NO3/c1-3-14(4-2,13(20)21)7-18-12(19)8-5-11(17)9(15)6-10(8)16/h5-6H,3-4,7H2,1-2H3,(H,18,19)(H,20,21). The average Bonchev–Trinajstić information content (AvgIpc) is 2.44. The van der Waals surface area contributed by atoms with E-state index in [1.54, 1.807) is 13.8 Å². The van der Waals surface area contributed by atoms with E-state index in [9.17, 15) is 23.5 Å². The maximum Gasteiger partial charge on any atom is 0.311 e. The highest BCUT2D eigenvalue weighted by molar-refractivity contribution is 6.30. The van der Waals surface area contributed by atoms with Crippen LogP contribution in [0.5, 0.6) is 0 Å². The fourth-order valence-corrected chi connectivity index (χ4v) is 2.07. The van der Waals surface area contributed by atoms with E-state index in [2.05, 4.69) is 5.32 Å². The Bertz CT molecular complexity index is 559. The van der Waals surface area contributed by atoms with Gasteiger partial charge in [0.1, 0.15) is 11.6 Å². The molecule has 1 rings (SSSR count). The zero-order valence-corrected chi connectivity index (χ0v) is 12.4. The average molecular weight is 320 g/mol. The van der Waals surface area contributed by atoms with Gasteiger partial charge in [0, 0.05) is 6.54 Å². The predicted octanol–water partition coefficient (Wildman–Crippen LogP) is 3.24. The second-order valence-electron chi connectivity index (χ2n) is 4.72. The lowest BCUT2D eigenvalue weighted by Gasteiger charge is -2.26. The lowest BCUT2D eigenvalue weighted by molar-refractivity contribution is -0.149. The van der Waals surface area contributed by atoms with Crippen molar-refractivity contribution in [2.24, 2.45) is 5.41 Å². The lowest BCUT2D eigenvalue weighted by Crippen LogP contribution is -2.42. The Morgan fingerprint density at radius 3 is 2.29 bits per heavy atom. The normalized spacial score (nSPS) is 11.3. The highest BCUT2D eigenvalue weighted by Crippen LogP contribution is 2.26. The van der Waals surface area contributed by atoms with Gasteiger partial charge in [-0.3, -0.25) is 9.59 Å². The minimum atomic E-state index is -1.13. The summed E-state index contributed by atoms with van der Waals surface area (Å²) in [5.41, 5.74) is -1.64. The first kappa shape index (κ1) is 17.4. The van der Waals surface area contributed by atoms with Crippen LogP contribution in [0.15, 0.2) is 12.1 Å². The fraction of sp³-hybridized carbons (Fsp3) is 0.429. The summed E-state index contributed by atoms with van der Waals surface area (Å²) in [4.78, 5) is 23.2. The van der Waals surface area contributed by atoms with Crippen molar-refractivity contribution in [2.45, 2.75) is 26.7 Å². The molecule has 0 heterocycles. The van der Waals surface area contributed by atoms with Crippen molar-refractivity contribution in [2.75, 3.05) is 6.54 Å². The van der Waals surface area contributed by atoms with Gasteiger partial charge in [-0.1, -0.05) is 25.4 Å². The second kappa shape index (κ2) is 6.85. The number of amides is 1. The zero-order valence-electron chi connectivity index (χ0n) is 11.7. The number of carbonyl (C=O) groups excluding carboxylic acids is 1. The number of carboxylic acids is 1. The highest BCUT2D eigenvalue weighted by Gasteiger charge is 2.35. The summed E-state index contributed by atoms with van der Waals surface area (Å²) in [7, 11) is 0. The van der Waals surface area contributed by atoms with Crippen molar-refractivity contribution in [3.63, 3.8) is 0 Å². The van der Waals surface area contributed by atoms with Crippen LogP contribution >= 0.6 is 11.6 Å². The van der Waals surface area contributed by atoms with Gasteiger partial charge >= 0.3 is 5.97 Å². The molecule has 7 heteroatoms. The van der Waals surface area contributed by atoms with Gasteiger partial charge in [-0.25, -0.2) is 8.78 Å². The first-order valence-corrected chi connectivity index (χ1v) is 6.81. The summed E-state index contributed by atoms with van der Waals surface area (Å²) in [5, 5.41) is 11.2. The number of carbonyl (C=O) groups is 2. The van der Waals surface area contributed by atoms with Crippen LogP contribution in [0, 0.1) is 17.0 Å². The third kappa shape index (κ3) is 3.69. The molecule has 2 N–H and O–H groups in total. The zero-order chi connectivity index (χ0) is 16.2. The minimum absolute atomic E-state index is 0.169. The van der Waals surface area contributed by atoms with Crippen molar-refractivity contribution in [1.29, 1.82) is 0 Å². The second-order valence-corrected chi connectivity index (χ2v) is 5.13. The van der Waals surface area contributed by atoms with Crippen molar-refractivity contribution >= 4 is 23.5 Å². The Balaban J connectivity index is 2.92. The molecule has 0 bridgehead atoms. The molecule has 0 aliphatic carbocycles. The molecule has 0 saturated heterocycles. The van der Waals surface area contributed by atoms with Crippen LogP contribution in [0.25, 0.3) is 0 Å². The third-order valence-corrected chi connectivity index (χ3v) is 3.94. The number of nitrogens with one attached hydrogen (secondary N) is 1. The van der Waals surface area contributed by atoms with Crippen LogP contribution < -0.4 is 5.32 Å². The van der Waals surface area contributed by atoms with E-state index < -0.39 is 39.5 Å². The summed E-state index contributed by atoms with van der Waals surface area (Å²) in [5.74, 6) is -3.81. The Labute approximate surface area is 126 Å². The Morgan fingerprint density at radius 2 is 1.81 bits per heavy atom. The smallest absolute Gasteiger partial charge is 0.311 e. The van der Waals surface area contributed by atoms with Crippen molar-refractivity contribution in [3.05, 3.63) is 34.4 Å². The number of hydrogen-bond acceptors (Lipinski definition) is 2. The van der Waals surface area contributed by atoms with E-state index in [0.717, 1.165) is 0 Å². The van der Waals surface area contributed by atoms with E-state index in [-0.39, 0.29) is 6.54 Å². The number of aliphatic carboxylic acids is 1. The lowest BCUT2D eigenvalue weighted by atomic mass is 9.82. The number of carboxylic acid groups (broad SMARTS) is 1. The maximum atomic E-state index is 13.6. The molecule has 0 atom stereocenters. The van der Waals surface area contributed by atoms with Crippen molar-refractivity contribution in [3.8, 4) is 0 Å². The van der Waals surface area contributed by atoms with Gasteiger partial charge in [-0.05, 0) is 25.0 Å². The molecule has 4 nitrogen and oxygen atoms in total. The Kier molecular flexibility index (Phi) is 5.66. The molecule has 0 aliphatic heterocycles.